The van der Waals surface area contributed by atoms with Crippen LogP contribution in [-0.4, -0.2) is 90.2 Å². The molecule has 0 amide bonds. The number of carbonyl (C=O) groups excluding carboxylic acids is 2. The number of nitriles is 1. The van der Waals surface area contributed by atoms with Gasteiger partial charge in [0.1, 0.15) is 50.4 Å². The van der Waals surface area contributed by atoms with Gasteiger partial charge in [0.05, 0.1) is 33.0 Å². The quantitative estimate of drug-likeness (QED) is 0.0537. The van der Waals surface area contributed by atoms with Gasteiger partial charge in [-0.25, -0.2) is 4.79 Å². The van der Waals surface area contributed by atoms with Crippen LogP contribution in [0.2, 0.25) is 0 Å². The van der Waals surface area contributed by atoms with Crippen LogP contribution in [0, 0.1) is 11.3 Å². The molecule has 62 heavy (non-hydrogen) atoms. The third-order valence-corrected chi connectivity index (χ3v) is 13.0. The molecule has 0 aliphatic carbocycles. The van der Waals surface area contributed by atoms with Crippen molar-refractivity contribution in [2.45, 2.75) is 103 Å². The van der Waals surface area contributed by atoms with Crippen LogP contribution < -0.4 is 20.7 Å². The third kappa shape index (κ3) is 11.8. The zero-order valence-electron chi connectivity index (χ0n) is 36.6. The summed E-state index contributed by atoms with van der Waals surface area (Å²) in [5, 5.41) is 9.70. The van der Waals surface area contributed by atoms with E-state index in [9.17, 15) is 24.4 Å². The van der Waals surface area contributed by atoms with E-state index in [-0.39, 0.29) is 50.1 Å². The zero-order chi connectivity index (χ0) is 45.0. The SMILES string of the molecule is COc1ccc(C(OC[C@H]2O[C@@H](n3cc(CC(COC(C)=O)OC(C)=O)c(=O)[nH]c3=O)C[C@@H]2OP(CCC#N)N(C(C)C)C(C)C)(c2ccccc2)c2ccc(OC)cc2)cc1. The first-order valence-corrected chi connectivity index (χ1v) is 22.0. The Morgan fingerprint density at radius 1 is 0.903 bits per heavy atom. The van der Waals surface area contributed by atoms with E-state index in [4.69, 9.17) is 32.9 Å². The molecule has 1 fully saturated rings. The summed E-state index contributed by atoms with van der Waals surface area (Å²) in [6, 6.07) is 27.6. The van der Waals surface area contributed by atoms with E-state index in [0.29, 0.717) is 17.7 Å². The standard InChI is InChI=1S/C46H57N4O11P/c1-30(2)50(31(3)4)62(24-12-23-47)61-41-26-43(49-27-34(44(53)48-45(49)54)25-40(59-33(6)52)28-57-32(5)51)60-42(41)29-58-46(35-13-10-9-11-14-35,36-15-19-38(55-7)20-16-36)37-17-21-39(56-8)22-18-37/h9-11,13-22,27,30-31,40-43H,12,24-26,28-29H2,1-8H3,(H,48,53,54)/t40?,41-,42+,43+,62?/m0/s1. The molecule has 4 aromatic rings. The maximum Gasteiger partial charge on any atom is 0.330 e. The van der Waals surface area contributed by atoms with E-state index in [0.717, 1.165) is 16.7 Å². The van der Waals surface area contributed by atoms with E-state index in [2.05, 4.69) is 43.4 Å². The van der Waals surface area contributed by atoms with Gasteiger partial charge >= 0.3 is 17.6 Å². The van der Waals surface area contributed by atoms with Gasteiger partial charge in [0, 0.05) is 63.1 Å². The van der Waals surface area contributed by atoms with Gasteiger partial charge in [-0.15, -0.1) is 0 Å². The van der Waals surface area contributed by atoms with E-state index < -0.39 is 61.6 Å². The van der Waals surface area contributed by atoms with Crippen LogP contribution in [0.15, 0.2) is 94.6 Å². The minimum Gasteiger partial charge on any atom is -0.497 e. The number of hydrogen-bond donors (Lipinski definition) is 1. The predicted octanol–water partition coefficient (Wildman–Crippen LogP) is 6.62. The molecule has 0 radical (unpaired) electrons. The summed E-state index contributed by atoms with van der Waals surface area (Å²) in [5.41, 5.74) is -0.0545. The van der Waals surface area contributed by atoms with Crippen molar-refractivity contribution < 1.29 is 42.5 Å². The van der Waals surface area contributed by atoms with Crippen LogP contribution in [0.4, 0.5) is 0 Å². The summed E-state index contributed by atoms with van der Waals surface area (Å²) in [5.74, 6) is 0.123. The number of carbonyl (C=O) groups is 2. The van der Waals surface area contributed by atoms with Crippen molar-refractivity contribution in [1.82, 2.24) is 14.2 Å². The van der Waals surface area contributed by atoms with Gasteiger partial charge in [-0.05, 0) is 68.7 Å². The maximum absolute atomic E-state index is 13.6. The monoisotopic (exact) mass is 872 g/mol. The van der Waals surface area contributed by atoms with Gasteiger partial charge in [-0.1, -0.05) is 54.6 Å². The Morgan fingerprint density at radius 3 is 2.00 bits per heavy atom. The molecular weight excluding hydrogens is 815 g/mol. The molecule has 2 heterocycles. The first kappa shape index (κ1) is 47.7. The lowest BCUT2D eigenvalue weighted by molar-refractivity contribution is -0.156. The van der Waals surface area contributed by atoms with Crippen molar-refractivity contribution in [2.24, 2.45) is 0 Å². The number of rotatable bonds is 21. The Balaban J connectivity index is 1.61. The van der Waals surface area contributed by atoms with Gasteiger partial charge < -0.3 is 32.9 Å². The van der Waals surface area contributed by atoms with Gasteiger partial charge in [0.15, 0.2) is 0 Å². The van der Waals surface area contributed by atoms with E-state index in [1.54, 1.807) is 14.2 Å². The number of methoxy groups -OCH3 is 2. The average molecular weight is 873 g/mol. The summed E-state index contributed by atoms with van der Waals surface area (Å²) in [4.78, 5) is 52.8. The molecule has 2 unspecified atom stereocenters. The molecule has 1 aromatic heterocycles. The third-order valence-electron chi connectivity index (χ3n) is 10.4. The summed E-state index contributed by atoms with van der Waals surface area (Å²) < 4.78 is 46.2. The molecule has 0 spiro atoms. The highest BCUT2D eigenvalue weighted by atomic mass is 31.2. The second-order valence-electron chi connectivity index (χ2n) is 15.4. The second kappa shape index (κ2) is 22.1. The smallest absolute Gasteiger partial charge is 0.330 e. The van der Waals surface area contributed by atoms with E-state index >= 15 is 0 Å². The first-order chi connectivity index (χ1) is 29.7. The highest BCUT2D eigenvalue weighted by molar-refractivity contribution is 7.50. The number of esters is 2. The lowest BCUT2D eigenvalue weighted by atomic mass is 9.80. The lowest BCUT2D eigenvalue weighted by Crippen LogP contribution is -2.40. The Morgan fingerprint density at radius 2 is 1.48 bits per heavy atom. The normalized spacial score (nSPS) is 17.4. The lowest BCUT2D eigenvalue weighted by Gasteiger charge is -2.40. The number of nitrogens with zero attached hydrogens (tertiary/aromatic N) is 3. The summed E-state index contributed by atoms with van der Waals surface area (Å²) >= 11 is 0. The largest absolute Gasteiger partial charge is 0.497 e. The topological polar surface area (TPSA) is 181 Å². The molecule has 1 aliphatic heterocycles. The molecule has 1 N–H and O–H groups in total. The Labute approximate surface area is 363 Å². The highest BCUT2D eigenvalue weighted by Crippen LogP contribution is 2.50. The number of H-pyrrole nitrogens is 1. The maximum atomic E-state index is 13.6. The van der Waals surface area contributed by atoms with Crippen LogP contribution >= 0.6 is 8.30 Å². The Kier molecular flexibility index (Phi) is 17.0. The number of benzene rings is 3. The molecule has 5 rings (SSSR count). The molecule has 5 atom stereocenters. The van der Waals surface area contributed by atoms with E-state index in [1.807, 2.05) is 78.9 Å². The fraction of sp³-hybridized carbons (Fsp3) is 0.457. The van der Waals surface area contributed by atoms with Crippen molar-refractivity contribution in [3.63, 3.8) is 0 Å². The van der Waals surface area contributed by atoms with Gasteiger partial charge in [-0.2, -0.15) is 5.26 Å². The fourth-order valence-corrected chi connectivity index (χ4v) is 10.1. The van der Waals surface area contributed by atoms with Crippen LogP contribution in [0.3, 0.4) is 0 Å². The van der Waals surface area contributed by atoms with Gasteiger partial charge in [-0.3, -0.25) is 28.6 Å². The molecule has 1 aliphatic rings. The van der Waals surface area contributed by atoms with Crippen LogP contribution in [0.25, 0.3) is 0 Å². The van der Waals surface area contributed by atoms with Crippen LogP contribution in [0.1, 0.15) is 82.9 Å². The van der Waals surface area contributed by atoms with Crippen molar-refractivity contribution in [3.05, 3.63) is 128 Å². The molecule has 0 bridgehead atoms. The van der Waals surface area contributed by atoms with Crippen molar-refractivity contribution in [2.75, 3.05) is 33.6 Å². The molecule has 15 nitrogen and oxygen atoms in total. The zero-order valence-corrected chi connectivity index (χ0v) is 37.5. The number of hydrogen-bond acceptors (Lipinski definition) is 13. The molecular formula is C46H57N4O11P. The molecule has 3 aromatic carbocycles. The summed E-state index contributed by atoms with van der Waals surface area (Å²) in [7, 11) is 1.86. The molecule has 1 saturated heterocycles. The average Bonchev–Trinajstić information content (AvgIpc) is 3.65. The van der Waals surface area contributed by atoms with Crippen molar-refractivity contribution in [3.8, 4) is 17.6 Å². The fourth-order valence-electron chi connectivity index (χ4n) is 7.76. The first-order valence-electron chi connectivity index (χ1n) is 20.6. The van der Waals surface area contributed by atoms with Gasteiger partial charge in [0.25, 0.3) is 5.56 Å². The van der Waals surface area contributed by atoms with Crippen LogP contribution in [0.5, 0.6) is 11.5 Å². The molecule has 0 saturated carbocycles. The second-order valence-corrected chi connectivity index (χ2v) is 17.3. The van der Waals surface area contributed by atoms with Crippen LogP contribution in [-0.2, 0) is 45.1 Å². The highest BCUT2D eigenvalue weighted by Gasteiger charge is 2.45. The number of aromatic nitrogens is 2. The Bertz CT molecular complexity index is 2190. The number of aromatic amines is 1. The number of nitrogens with one attached hydrogen (secondary N) is 1. The summed E-state index contributed by atoms with van der Waals surface area (Å²) in [6.07, 6.45) is -1.19. The van der Waals surface area contributed by atoms with Crippen molar-refractivity contribution in [1.29, 1.82) is 5.26 Å². The minimum absolute atomic E-state index is 0.0270. The van der Waals surface area contributed by atoms with Gasteiger partial charge in [0.2, 0.25) is 0 Å². The number of ether oxygens (including phenoxy) is 6. The molecule has 16 heteroatoms. The molecule has 332 valence electrons. The Hall–Kier alpha value is -5.36. The minimum atomic E-state index is -1.35. The van der Waals surface area contributed by atoms with Crippen molar-refractivity contribution >= 4 is 20.2 Å². The van der Waals surface area contributed by atoms with E-state index in [1.165, 1.54) is 24.6 Å². The summed E-state index contributed by atoms with van der Waals surface area (Å²) in [6.45, 7) is 10.5. The predicted molar refractivity (Wildman–Crippen MR) is 233 cm³/mol.